The molecule has 1 N–H and O–H groups in total. The van der Waals surface area contributed by atoms with Gasteiger partial charge < -0.3 is 10.1 Å². The van der Waals surface area contributed by atoms with Crippen molar-refractivity contribution in [3.63, 3.8) is 0 Å². The van der Waals surface area contributed by atoms with Gasteiger partial charge in [-0.2, -0.15) is 0 Å². The van der Waals surface area contributed by atoms with Crippen LogP contribution in [-0.2, 0) is 9.53 Å². The van der Waals surface area contributed by atoms with Gasteiger partial charge in [0.25, 0.3) is 0 Å². The first-order chi connectivity index (χ1) is 5.88. The maximum atomic E-state index is 11.4. The van der Waals surface area contributed by atoms with Gasteiger partial charge in [0.15, 0.2) is 0 Å². The lowest BCUT2D eigenvalue weighted by molar-refractivity contribution is -0.157. The molecule has 1 fully saturated rings. The molecule has 0 aliphatic heterocycles. The Kier molecular flexibility index (Phi) is 2.96. The molecule has 1 atom stereocenters. The van der Waals surface area contributed by atoms with Crippen LogP contribution in [0.25, 0.3) is 0 Å². The summed E-state index contributed by atoms with van der Waals surface area (Å²) in [7, 11) is 0. The molecule has 1 saturated carbocycles. The number of carbonyl (C=O) groups excluding carboxylic acids is 1. The quantitative estimate of drug-likeness (QED) is 0.677. The second-order valence-corrected chi connectivity index (χ2v) is 4.70. The average Bonchev–Trinajstić information content (AvgIpc) is 2.67. The minimum Gasteiger partial charge on any atom is -0.459 e. The first-order valence-electron chi connectivity index (χ1n) is 4.87. The Labute approximate surface area is 79.8 Å². The molecule has 1 rings (SSSR count). The van der Waals surface area contributed by atoms with E-state index in [1.165, 1.54) is 12.8 Å². The second-order valence-electron chi connectivity index (χ2n) is 4.70. The molecule has 0 radical (unpaired) electrons. The molecule has 76 valence electrons. The van der Waals surface area contributed by atoms with Crippen LogP contribution in [-0.4, -0.2) is 23.7 Å². The highest BCUT2D eigenvalue weighted by Gasteiger charge is 2.28. The number of ether oxygens (including phenoxy) is 1. The highest BCUT2D eigenvalue weighted by atomic mass is 16.6. The molecule has 0 saturated heterocycles. The molecule has 1 unspecified atom stereocenters. The molecular formula is C10H19NO2. The Morgan fingerprint density at radius 2 is 2.00 bits per heavy atom. The number of carbonyl (C=O) groups is 1. The Hall–Kier alpha value is -0.570. The summed E-state index contributed by atoms with van der Waals surface area (Å²) >= 11 is 0. The molecule has 0 aromatic heterocycles. The molecule has 0 amide bonds. The monoisotopic (exact) mass is 185 g/mol. The van der Waals surface area contributed by atoms with Gasteiger partial charge in [-0.1, -0.05) is 0 Å². The van der Waals surface area contributed by atoms with Gasteiger partial charge in [0.2, 0.25) is 0 Å². The standard InChI is InChI=1S/C10H19NO2/c1-7(11-8-5-6-8)9(12)13-10(2,3)4/h7-8,11H,5-6H2,1-4H3. The molecule has 1 aliphatic rings. The van der Waals surface area contributed by atoms with Crippen LogP contribution in [0.2, 0.25) is 0 Å². The number of esters is 1. The van der Waals surface area contributed by atoms with E-state index in [1.54, 1.807) is 0 Å². The number of rotatable bonds is 3. The maximum Gasteiger partial charge on any atom is 0.323 e. The first-order valence-corrected chi connectivity index (χ1v) is 4.87. The summed E-state index contributed by atoms with van der Waals surface area (Å²) in [5.74, 6) is -0.153. The van der Waals surface area contributed by atoms with Crippen LogP contribution in [0.5, 0.6) is 0 Å². The minimum absolute atomic E-state index is 0.153. The molecule has 3 heteroatoms. The van der Waals surface area contributed by atoms with Crippen molar-refractivity contribution >= 4 is 5.97 Å². The summed E-state index contributed by atoms with van der Waals surface area (Å²) in [6, 6.07) is 0.370. The molecule has 0 aromatic rings. The smallest absolute Gasteiger partial charge is 0.323 e. The lowest BCUT2D eigenvalue weighted by Crippen LogP contribution is -2.40. The topological polar surface area (TPSA) is 38.3 Å². The Morgan fingerprint density at radius 3 is 2.38 bits per heavy atom. The predicted molar refractivity (Wildman–Crippen MR) is 51.5 cm³/mol. The molecule has 0 aromatic carbocycles. The van der Waals surface area contributed by atoms with Crippen LogP contribution in [0.3, 0.4) is 0 Å². The largest absolute Gasteiger partial charge is 0.459 e. The Bertz CT molecular complexity index is 192. The van der Waals surface area contributed by atoms with Crippen molar-refractivity contribution < 1.29 is 9.53 Å². The van der Waals surface area contributed by atoms with Gasteiger partial charge in [-0.05, 0) is 40.5 Å². The molecule has 0 bridgehead atoms. The molecular weight excluding hydrogens is 166 g/mol. The SMILES string of the molecule is CC(NC1CC1)C(=O)OC(C)(C)C. The van der Waals surface area contributed by atoms with E-state index >= 15 is 0 Å². The Balaban J connectivity index is 2.28. The van der Waals surface area contributed by atoms with E-state index in [4.69, 9.17) is 4.74 Å². The summed E-state index contributed by atoms with van der Waals surface area (Å²) < 4.78 is 5.23. The van der Waals surface area contributed by atoms with Gasteiger partial charge in [0.05, 0.1) is 0 Å². The number of hydrogen-bond acceptors (Lipinski definition) is 3. The van der Waals surface area contributed by atoms with Gasteiger partial charge in [0, 0.05) is 6.04 Å². The van der Waals surface area contributed by atoms with Crippen LogP contribution < -0.4 is 5.32 Å². The highest BCUT2D eigenvalue weighted by Crippen LogP contribution is 2.20. The van der Waals surface area contributed by atoms with Gasteiger partial charge >= 0.3 is 5.97 Å². The van der Waals surface area contributed by atoms with Crippen LogP contribution in [0.15, 0.2) is 0 Å². The van der Waals surface area contributed by atoms with Crippen molar-refractivity contribution in [1.29, 1.82) is 0 Å². The van der Waals surface area contributed by atoms with E-state index in [9.17, 15) is 4.79 Å². The number of nitrogens with one attached hydrogen (secondary N) is 1. The van der Waals surface area contributed by atoms with Crippen LogP contribution in [0.1, 0.15) is 40.5 Å². The Morgan fingerprint density at radius 1 is 1.46 bits per heavy atom. The molecule has 1 aliphatic carbocycles. The van der Waals surface area contributed by atoms with Gasteiger partial charge in [-0.3, -0.25) is 4.79 Å². The van der Waals surface area contributed by atoms with E-state index in [-0.39, 0.29) is 17.6 Å². The fourth-order valence-electron chi connectivity index (χ4n) is 1.06. The van der Waals surface area contributed by atoms with Crippen molar-refractivity contribution in [3.05, 3.63) is 0 Å². The lowest BCUT2D eigenvalue weighted by atomic mass is 10.2. The van der Waals surface area contributed by atoms with Crippen LogP contribution in [0, 0.1) is 0 Å². The molecule has 0 heterocycles. The van der Waals surface area contributed by atoms with Crippen molar-refractivity contribution in [2.24, 2.45) is 0 Å². The van der Waals surface area contributed by atoms with Gasteiger partial charge in [0.1, 0.15) is 11.6 Å². The molecule has 13 heavy (non-hydrogen) atoms. The van der Waals surface area contributed by atoms with E-state index in [1.807, 2.05) is 27.7 Å². The third-order valence-electron chi connectivity index (χ3n) is 1.82. The summed E-state index contributed by atoms with van der Waals surface area (Å²) in [6.07, 6.45) is 2.38. The van der Waals surface area contributed by atoms with Crippen molar-refractivity contribution in [1.82, 2.24) is 5.32 Å². The second kappa shape index (κ2) is 3.66. The van der Waals surface area contributed by atoms with E-state index in [0.717, 1.165) is 0 Å². The normalized spacial score (nSPS) is 19.7. The van der Waals surface area contributed by atoms with Crippen LogP contribution in [0.4, 0.5) is 0 Å². The van der Waals surface area contributed by atoms with Gasteiger partial charge in [-0.25, -0.2) is 0 Å². The van der Waals surface area contributed by atoms with Crippen LogP contribution >= 0.6 is 0 Å². The third kappa shape index (κ3) is 4.27. The van der Waals surface area contributed by atoms with E-state index < -0.39 is 0 Å². The number of hydrogen-bond donors (Lipinski definition) is 1. The van der Waals surface area contributed by atoms with Crippen molar-refractivity contribution in [2.75, 3.05) is 0 Å². The predicted octanol–water partition coefficient (Wildman–Crippen LogP) is 1.47. The fraction of sp³-hybridized carbons (Fsp3) is 0.900. The lowest BCUT2D eigenvalue weighted by Gasteiger charge is -2.22. The van der Waals surface area contributed by atoms with Gasteiger partial charge in [-0.15, -0.1) is 0 Å². The average molecular weight is 185 g/mol. The molecule has 3 nitrogen and oxygen atoms in total. The van der Waals surface area contributed by atoms with Crippen molar-refractivity contribution in [3.8, 4) is 0 Å². The zero-order valence-electron chi connectivity index (χ0n) is 8.89. The summed E-state index contributed by atoms with van der Waals surface area (Å²) in [5, 5.41) is 3.20. The van der Waals surface area contributed by atoms with Crippen molar-refractivity contribution in [2.45, 2.75) is 58.2 Å². The third-order valence-corrected chi connectivity index (χ3v) is 1.82. The van der Waals surface area contributed by atoms with E-state index in [0.29, 0.717) is 6.04 Å². The zero-order valence-corrected chi connectivity index (χ0v) is 8.89. The summed E-state index contributed by atoms with van der Waals surface area (Å²) in [6.45, 7) is 7.50. The fourth-order valence-corrected chi connectivity index (χ4v) is 1.06. The minimum atomic E-state index is -0.378. The van der Waals surface area contributed by atoms with E-state index in [2.05, 4.69) is 5.32 Å². The highest BCUT2D eigenvalue weighted by molar-refractivity contribution is 5.75. The maximum absolute atomic E-state index is 11.4. The summed E-state index contributed by atoms with van der Waals surface area (Å²) in [5.41, 5.74) is -0.378. The molecule has 0 spiro atoms. The first kappa shape index (κ1) is 10.5. The zero-order chi connectivity index (χ0) is 10.1. The summed E-state index contributed by atoms with van der Waals surface area (Å²) in [4.78, 5) is 11.4.